The van der Waals surface area contributed by atoms with Crippen molar-refractivity contribution in [2.45, 2.75) is 18.2 Å². The van der Waals surface area contributed by atoms with Gasteiger partial charge in [-0.15, -0.1) is 0 Å². The van der Waals surface area contributed by atoms with E-state index in [0.29, 0.717) is 0 Å². The summed E-state index contributed by atoms with van der Waals surface area (Å²) in [6, 6.07) is 6.30. The number of carbonyl (C=O) groups excluding carboxylic acids is 2. The highest BCUT2D eigenvalue weighted by atomic mass is 16.5. The predicted molar refractivity (Wildman–Crippen MR) is 67.5 cm³/mol. The van der Waals surface area contributed by atoms with Gasteiger partial charge in [0.15, 0.2) is 0 Å². The van der Waals surface area contributed by atoms with E-state index in [1.54, 1.807) is 12.1 Å². The highest BCUT2D eigenvalue weighted by Gasteiger charge is 2.70. The van der Waals surface area contributed by atoms with Crippen LogP contribution in [0.5, 0.6) is 0 Å². The Morgan fingerprint density at radius 3 is 2.60 bits per heavy atom. The lowest BCUT2D eigenvalue weighted by molar-refractivity contribution is -0.144. The van der Waals surface area contributed by atoms with Gasteiger partial charge in [-0.25, -0.2) is 4.79 Å². The molecular weight excluding hydrogens is 262 g/mol. The van der Waals surface area contributed by atoms with E-state index in [2.05, 4.69) is 10.1 Å². The normalized spacial score (nSPS) is 30.9. The molecule has 0 saturated carbocycles. The zero-order chi connectivity index (χ0) is 14.7. The van der Waals surface area contributed by atoms with Crippen molar-refractivity contribution >= 4 is 11.8 Å². The molecule has 0 spiro atoms. The number of methoxy groups -OCH3 is 1. The van der Waals surface area contributed by atoms with Crippen molar-refractivity contribution in [1.82, 2.24) is 5.32 Å². The van der Waals surface area contributed by atoms with Crippen molar-refractivity contribution in [3.05, 3.63) is 46.7 Å². The van der Waals surface area contributed by atoms with Crippen LogP contribution in [0, 0.1) is 0 Å². The molecule has 104 valence electrons. The van der Waals surface area contributed by atoms with Crippen molar-refractivity contribution in [2.24, 2.45) is 0 Å². The summed E-state index contributed by atoms with van der Waals surface area (Å²) < 4.78 is 4.61. The van der Waals surface area contributed by atoms with Crippen molar-refractivity contribution < 1.29 is 24.5 Å². The number of ketones is 1. The number of esters is 1. The lowest BCUT2D eigenvalue weighted by Gasteiger charge is -2.31. The third-order valence-electron chi connectivity index (χ3n) is 3.91. The molecular formula is C14H13NO5. The van der Waals surface area contributed by atoms with Gasteiger partial charge in [-0.05, 0) is 6.92 Å². The fourth-order valence-electron chi connectivity index (χ4n) is 3.01. The largest absolute Gasteiger partial charge is 0.466 e. The number of fused-ring (bicyclic) bond motifs is 3. The van der Waals surface area contributed by atoms with E-state index in [1.807, 2.05) is 0 Å². The van der Waals surface area contributed by atoms with Gasteiger partial charge in [0, 0.05) is 16.8 Å². The van der Waals surface area contributed by atoms with Crippen LogP contribution in [0.25, 0.3) is 0 Å². The maximum absolute atomic E-state index is 12.5. The molecule has 1 heterocycles. The number of carbonyl (C=O) groups is 2. The molecule has 3 rings (SSSR count). The summed E-state index contributed by atoms with van der Waals surface area (Å²) in [6.45, 7) is 1.50. The minimum atomic E-state index is -2.37. The van der Waals surface area contributed by atoms with E-state index in [-0.39, 0.29) is 22.4 Å². The molecule has 0 fully saturated rings. The van der Waals surface area contributed by atoms with E-state index in [9.17, 15) is 19.8 Å². The molecule has 0 bridgehead atoms. The van der Waals surface area contributed by atoms with Gasteiger partial charge in [0.1, 0.15) is 5.57 Å². The number of aliphatic hydroxyl groups is 2. The van der Waals surface area contributed by atoms with Gasteiger partial charge >= 0.3 is 5.97 Å². The van der Waals surface area contributed by atoms with Gasteiger partial charge < -0.3 is 20.3 Å². The molecule has 20 heavy (non-hydrogen) atoms. The lowest BCUT2D eigenvalue weighted by atomic mass is 9.85. The number of nitrogens with one attached hydrogen (secondary N) is 1. The van der Waals surface area contributed by atoms with Gasteiger partial charge in [-0.2, -0.15) is 0 Å². The van der Waals surface area contributed by atoms with Crippen molar-refractivity contribution in [1.29, 1.82) is 0 Å². The summed E-state index contributed by atoms with van der Waals surface area (Å²) >= 11 is 0. The zero-order valence-corrected chi connectivity index (χ0v) is 10.9. The summed E-state index contributed by atoms with van der Waals surface area (Å²) in [6.07, 6.45) is 0. The first kappa shape index (κ1) is 12.8. The van der Waals surface area contributed by atoms with Crippen LogP contribution in [0.1, 0.15) is 22.8 Å². The van der Waals surface area contributed by atoms with E-state index >= 15 is 0 Å². The third-order valence-corrected chi connectivity index (χ3v) is 3.91. The average Bonchev–Trinajstić information content (AvgIpc) is 2.74. The second-order valence-electron chi connectivity index (χ2n) is 4.91. The minimum absolute atomic E-state index is 0.180. The molecule has 0 amide bonds. The van der Waals surface area contributed by atoms with Crippen molar-refractivity contribution in [3.63, 3.8) is 0 Å². The number of ether oxygens (including phenoxy) is 1. The summed E-state index contributed by atoms with van der Waals surface area (Å²) in [7, 11) is 1.15. The Morgan fingerprint density at radius 1 is 1.30 bits per heavy atom. The molecule has 1 aromatic rings. The first-order valence-electron chi connectivity index (χ1n) is 6.05. The van der Waals surface area contributed by atoms with Gasteiger partial charge in [-0.1, -0.05) is 24.3 Å². The van der Waals surface area contributed by atoms with Crippen LogP contribution in [0.2, 0.25) is 0 Å². The topological polar surface area (TPSA) is 95.9 Å². The fraction of sp³-hybridized carbons (Fsp3) is 0.286. The molecule has 2 atom stereocenters. The Morgan fingerprint density at radius 2 is 1.95 bits per heavy atom. The Kier molecular flexibility index (Phi) is 2.36. The lowest BCUT2D eigenvalue weighted by Crippen LogP contribution is -2.56. The molecule has 0 saturated heterocycles. The van der Waals surface area contributed by atoms with Crippen LogP contribution in [0.3, 0.4) is 0 Å². The van der Waals surface area contributed by atoms with E-state index < -0.39 is 23.1 Å². The number of hydrogen-bond acceptors (Lipinski definition) is 6. The Labute approximate surface area is 114 Å². The van der Waals surface area contributed by atoms with Crippen LogP contribution < -0.4 is 5.32 Å². The van der Waals surface area contributed by atoms with Gasteiger partial charge in [-0.3, -0.25) is 4.79 Å². The smallest absolute Gasteiger partial charge is 0.339 e. The quantitative estimate of drug-likeness (QED) is 0.615. The van der Waals surface area contributed by atoms with Crippen molar-refractivity contribution in [3.8, 4) is 0 Å². The molecule has 1 aliphatic heterocycles. The molecule has 0 unspecified atom stereocenters. The summed E-state index contributed by atoms with van der Waals surface area (Å²) in [5.41, 5.74) is -4.04. The fourth-order valence-corrected chi connectivity index (χ4v) is 3.01. The van der Waals surface area contributed by atoms with E-state index in [4.69, 9.17) is 0 Å². The highest BCUT2D eigenvalue weighted by molar-refractivity contribution is 6.16. The Bertz CT molecular complexity index is 680. The second-order valence-corrected chi connectivity index (χ2v) is 4.91. The summed E-state index contributed by atoms with van der Waals surface area (Å²) in [5, 5.41) is 24.2. The van der Waals surface area contributed by atoms with Crippen molar-refractivity contribution in [2.75, 3.05) is 7.11 Å². The molecule has 2 aliphatic rings. The number of Topliss-reactive ketones (excluding diaryl/α,β-unsaturated/α-hetero) is 1. The number of benzene rings is 1. The molecule has 0 radical (unpaired) electrons. The molecule has 6 heteroatoms. The maximum atomic E-state index is 12.5. The SMILES string of the molecule is COC(=O)C1=C(C)N[C@@]2(O)c3ccccc3C(=O)[C@]12O. The summed E-state index contributed by atoms with van der Waals surface area (Å²) in [5.74, 6) is -1.57. The number of hydrogen-bond donors (Lipinski definition) is 3. The van der Waals surface area contributed by atoms with Crippen LogP contribution >= 0.6 is 0 Å². The van der Waals surface area contributed by atoms with Crippen LogP contribution in [-0.4, -0.2) is 34.7 Å². The van der Waals surface area contributed by atoms with Gasteiger partial charge in [0.05, 0.1) is 7.11 Å². The van der Waals surface area contributed by atoms with E-state index in [1.165, 1.54) is 19.1 Å². The standard InChI is InChI=1S/C14H13NO5/c1-7-10(12(17)20-2)13(18)11(16)8-5-3-4-6-9(8)14(13,19)15-7/h3-6,15,18-19H,1-2H3/t13-,14-/m1/s1. The molecule has 1 aliphatic carbocycles. The third kappa shape index (κ3) is 1.16. The molecule has 0 aromatic heterocycles. The molecule has 3 N–H and O–H groups in total. The first-order valence-corrected chi connectivity index (χ1v) is 6.05. The zero-order valence-electron chi connectivity index (χ0n) is 10.9. The second kappa shape index (κ2) is 3.68. The summed E-state index contributed by atoms with van der Waals surface area (Å²) in [4.78, 5) is 24.4. The Hall–Kier alpha value is -2.18. The number of allylic oxidation sites excluding steroid dienone is 1. The van der Waals surface area contributed by atoms with Crippen LogP contribution in [-0.2, 0) is 15.3 Å². The maximum Gasteiger partial charge on any atom is 0.339 e. The van der Waals surface area contributed by atoms with E-state index in [0.717, 1.165) is 7.11 Å². The van der Waals surface area contributed by atoms with Crippen LogP contribution in [0.15, 0.2) is 35.5 Å². The molecule has 6 nitrogen and oxygen atoms in total. The van der Waals surface area contributed by atoms with Gasteiger partial charge in [0.2, 0.25) is 17.1 Å². The first-order chi connectivity index (χ1) is 9.38. The highest BCUT2D eigenvalue weighted by Crippen LogP contribution is 2.51. The predicted octanol–water partition coefficient (Wildman–Crippen LogP) is -0.191. The average molecular weight is 275 g/mol. The molecule has 1 aromatic carbocycles. The van der Waals surface area contributed by atoms with Crippen LogP contribution in [0.4, 0.5) is 0 Å². The minimum Gasteiger partial charge on any atom is -0.466 e. The Balaban J connectivity index is 2.28. The van der Waals surface area contributed by atoms with Gasteiger partial charge in [0.25, 0.3) is 0 Å². The monoisotopic (exact) mass is 275 g/mol. The number of rotatable bonds is 1.